The van der Waals surface area contributed by atoms with E-state index in [-0.39, 0.29) is 12.5 Å². The largest absolute Gasteiger partial charge is 0.388 e. The zero-order chi connectivity index (χ0) is 12.3. The third kappa shape index (κ3) is 2.48. The Kier molecular flexibility index (Phi) is 3.15. The number of nitrogens with zero attached hydrogens (tertiary/aromatic N) is 3. The van der Waals surface area contributed by atoms with Crippen molar-refractivity contribution in [2.24, 2.45) is 0 Å². The molecule has 1 heterocycles. The molecule has 0 aliphatic heterocycles. The van der Waals surface area contributed by atoms with Crippen molar-refractivity contribution in [2.75, 3.05) is 5.32 Å². The lowest BCUT2D eigenvalue weighted by atomic mass is 10.2. The third-order valence-electron chi connectivity index (χ3n) is 2.23. The molecule has 1 aromatic heterocycles. The molecule has 88 valence electrons. The maximum absolute atomic E-state index is 10.9. The van der Waals surface area contributed by atoms with E-state index in [0.717, 1.165) is 11.4 Å². The van der Waals surface area contributed by atoms with Gasteiger partial charge in [-0.25, -0.2) is 0 Å². The number of aliphatic hydroxyl groups excluding tert-OH is 1. The van der Waals surface area contributed by atoms with E-state index in [1.54, 1.807) is 16.7 Å². The molecule has 0 aliphatic carbocycles. The first-order valence-electron chi connectivity index (χ1n) is 5.08. The Balaban J connectivity index is 2.26. The number of aromatic nitrogens is 3. The standard InChI is InChI=1S/C11H12N4O2/c1-8(17)13-9-2-4-10(5-3-9)15-7-12-14-11(15)6-16/h2-5,7,16H,6H2,1H3,(H,13,17). The van der Waals surface area contributed by atoms with Crippen LogP contribution in [0.15, 0.2) is 30.6 Å². The van der Waals surface area contributed by atoms with Crippen molar-refractivity contribution in [3.05, 3.63) is 36.4 Å². The monoisotopic (exact) mass is 232 g/mol. The quantitative estimate of drug-likeness (QED) is 0.817. The van der Waals surface area contributed by atoms with Gasteiger partial charge in [-0.2, -0.15) is 0 Å². The molecular weight excluding hydrogens is 220 g/mol. The Morgan fingerprint density at radius 1 is 1.41 bits per heavy atom. The smallest absolute Gasteiger partial charge is 0.221 e. The predicted octanol–water partition coefficient (Wildman–Crippen LogP) is 0.718. The van der Waals surface area contributed by atoms with E-state index >= 15 is 0 Å². The highest BCUT2D eigenvalue weighted by atomic mass is 16.3. The van der Waals surface area contributed by atoms with Crippen LogP contribution in [0, 0.1) is 0 Å². The van der Waals surface area contributed by atoms with E-state index in [2.05, 4.69) is 15.5 Å². The Morgan fingerprint density at radius 2 is 2.12 bits per heavy atom. The van der Waals surface area contributed by atoms with Crippen LogP contribution in [0.1, 0.15) is 12.7 Å². The lowest BCUT2D eigenvalue weighted by Crippen LogP contribution is -2.06. The van der Waals surface area contributed by atoms with Crippen molar-refractivity contribution >= 4 is 11.6 Å². The molecule has 0 saturated heterocycles. The topological polar surface area (TPSA) is 80.0 Å². The molecule has 0 atom stereocenters. The highest BCUT2D eigenvalue weighted by molar-refractivity contribution is 5.88. The van der Waals surface area contributed by atoms with Gasteiger partial charge in [0, 0.05) is 18.3 Å². The van der Waals surface area contributed by atoms with Gasteiger partial charge in [0.2, 0.25) is 5.91 Å². The molecule has 0 fully saturated rings. The summed E-state index contributed by atoms with van der Waals surface area (Å²) < 4.78 is 1.68. The fourth-order valence-corrected chi connectivity index (χ4v) is 1.49. The number of carbonyl (C=O) groups is 1. The summed E-state index contributed by atoms with van der Waals surface area (Å²) in [5.41, 5.74) is 1.55. The molecular formula is C11H12N4O2. The Labute approximate surface area is 97.9 Å². The molecule has 0 radical (unpaired) electrons. The fraction of sp³-hybridized carbons (Fsp3) is 0.182. The molecule has 0 spiro atoms. The summed E-state index contributed by atoms with van der Waals surface area (Å²) in [6.07, 6.45) is 1.53. The Hall–Kier alpha value is -2.21. The molecule has 0 unspecified atom stereocenters. The predicted molar refractivity (Wildman–Crippen MR) is 61.6 cm³/mol. The summed E-state index contributed by atoms with van der Waals surface area (Å²) in [6, 6.07) is 7.18. The first-order chi connectivity index (χ1) is 8.20. The van der Waals surface area contributed by atoms with Gasteiger partial charge in [-0.1, -0.05) is 0 Å². The normalized spacial score (nSPS) is 10.2. The van der Waals surface area contributed by atoms with E-state index in [0.29, 0.717) is 5.82 Å². The lowest BCUT2D eigenvalue weighted by molar-refractivity contribution is -0.114. The average Bonchev–Trinajstić information content (AvgIpc) is 2.77. The minimum Gasteiger partial charge on any atom is -0.388 e. The molecule has 0 aliphatic rings. The molecule has 0 saturated carbocycles. The molecule has 1 aromatic carbocycles. The molecule has 6 nitrogen and oxygen atoms in total. The minimum atomic E-state index is -0.173. The number of hydrogen-bond donors (Lipinski definition) is 2. The third-order valence-corrected chi connectivity index (χ3v) is 2.23. The van der Waals surface area contributed by atoms with Crippen LogP contribution in [-0.2, 0) is 11.4 Å². The molecule has 2 rings (SSSR count). The van der Waals surface area contributed by atoms with Gasteiger partial charge >= 0.3 is 0 Å². The van der Waals surface area contributed by atoms with Crippen LogP contribution in [0.4, 0.5) is 5.69 Å². The summed E-state index contributed by atoms with van der Waals surface area (Å²) >= 11 is 0. The maximum Gasteiger partial charge on any atom is 0.221 e. The summed E-state index contributed by atoms with van der Waals surface area (Å²) in [5.74, 6) is 0.357. The second kappa shape index (κ2) is 4.75. The zero-order valence-corrected chi connectivity index (χ0v) is 9.29. The van der Waals surface area contributed by atoms with Crippen LogP contribution >= 0.6 is 0 Å². The number of nitrogens with one attached hydrogen (secondary N) is 1. The van der Waals surface area contributed by atoms with Crippen molar-refractivity contribution in [2.45, 2.75) is 13.5 Å². The van der Waals surface area contributed by atoms with E-state index in [4.69, 9.17) is 5.11 Å². The van der Waals surface area contributed by atoms with Gasteiger partial charge in [0.25, 0.3) is 0 Å². The molecule has 2 N–H and O–H groups in total. The van der Waals surface area contributed by atoms with E-state index < -0.39 is 0 Å². The number of rotatable bonds is 3. The van der Waals surface area contributed by atoms with Crippen LogP contribution in [0.25, 0.3) is 5.69 Å². The highest BCUT2D eigenvalue weighted by Gasteiger charge is 2.04. The SMILES string of the molecule is CC(=O)Nc1ccc(-n2cnnc2CO)cc1. The first kappa shape index (κ1) is 11.3. The number of anilines is 1. The van der Waals surface area contributed by atoms with Gasteiger partial charge in [-0.05, 0) is 24.3 Å². The number of amides is 1. The van der Waals surface area contributed by atoms with E-state index in [9.17, 15) is 4.79 Å². The lowest BCUT2D eigenvalue weighted by Gasteiger charge is -2.06. The molecule has 6 heteroatoms. The highest BCUT2D eigenvalue weighted by Crippen LogP contribution is 2.14. The van der Waals surface area contributed by atoms with Gasteiger partial charge in [0.05, 0.1) is 0 Å². The van der Waals surface area contributed by atoms with Crippen molar-refractivity contribution < 1.29 is 9.90 Å². The van der Waals surface area contributed by atoms with E-state index in [1.807, 2.05) is 12.1 Å². The van der Waals surface area contributed by atoms with Crippen LogP contribution in [-0.4, -0.2) is 25.8 Å². The Morgan fingerprint density at radius 3 is 2.71 bits per heavy atom. The van der Waals surface area contributed by atoms with Gasteiger partial charge in [0.15, 0.2) is 5.82 Å². The number of hydrogen-bond acceptors (Lipinski definition) is 4. The van der Waals surface area contributed by atoms with Crippen LogP contribution in [0.5, 0.6) is 0 Å². The second-order valence-corrected chi connectivity index (χ2v) is 3.50. The molecule has 17 heavy (non-hydrogen) atoms. The van der Waals surface area contributed by atoms with Crippen LogP contribution < -0.4 is 5.32 Å². The average molecular weight is 232 g/mol. The van der Waals surface area contributed by atoms with E-state index in [1.165, 1.54) is 13.3 Å². The van der Waals surface area contributed by atoms with Gasteiger partial charge in [-0.15, -0.1) is 10.2 Å². The fourth-order valence-electron chi connectivity index (χ4n) is 1.49. The van der Waals surface area contributed by atoms with Crippen molar-refractivity contribution in [1.29, 1.82) is 0 Å². The van der Waals surface area contributed by atoms with Crippen LogP contribution in [0.3, 0.4) is 0 Å². The Bertz CT molecular complexity index is 519. The number of carbonyl (C=O) groups excluding carboxylic acids is 1. The van der Waals surface area contributed by atoms with Gasteiger partial charge < -0.3 is 10.4 Å². The number of benzene rings is 1. The number of aliphatic hydroxyl groups is 1. The van der Waals surface area contributed by atoms with Crippen molar-refractivity contribution in [3.63, 3.8) is 0 Å². The minimum absolute atomic E-state index is 0.113. The summed E-state index contributed by atoms with van der Waals surface area (Å²) in [7, 11) is 0. The summed E-state index contributed by atoms with van der Waals surface area (Å²) in [6.45, 7) is 1.28. The second-order valence-electron chi connectivity index (χ2n) is 3.50. The van der Waals surface area contributed by atoms with Gasteiger partial charge in [0.1, 0.15) is 12.9 Å². The van der Waals surface area contributed by atoms with Crippen molar-refractivity contribution in [1.82, 2.24) is 14.8 Å². The molecule has 1 amide bonds. The first-order valence-corrected chi connectivity index (χ1v) is 5.08. The molecule has 0 bridgehead atoms. The van der Waals surface area contributed by atoms with Crippen LogP contribution in [0.2, 0.25) is 0 Å². The van der Waals surface area contributed by atoms with Gasteiger partial charge in [-0.3, -0.25) is 9.36 Å². The zero-order valence-electron chi connectivity index (χ0n) is 9.29. The summed E-state index contributed by atoms with van der Waals surface area (Å²) in [4.78, 5) is 10.9. The molecule has 2 aromatic rings. The summed E-state index contributed by atoms with van der Waals surface area (Å²) in [5, 5.41) is 19.2. The van der Waals surface area contributed by atoms with Crippen molar-refractivity contribution in [3.8, 4) is 5.69 Å². The maximum atomic E-state index is 10.9.